The predicted octanol–water partition coefficient (Wildman–Crippen LogP) is 2.67. The number of nitrogens with one attached hydrogen (secondary N) is 2. The van der Waals surface area contributed by atoms with Crippen molar-refractivity contribution in [2.45, 2.75) is 19.9 Å². The Kier molecular flexibility index (Phi) is 6.41. The molecule has 0 bridgehead atoms. The van der Waals surface area contributed by atoms with Crippen molar-refractivity contribution >= 4 is 23.0 Å². The molecule has 0 saturated carbocycles. The first-order valence-corrected chi connectivity index (χ1v) is 9.42. The third-order valence-electron chi connectivity index (χ3n) is 4.46. The number of benzene rings is 2. The lowest BCUT2D eigenvalue weighted by molar-refractivity contribution is -0.927. The Balaban J connectivity index is 1.60. The van der Waals surface area contributed by atoms with Crippen LogP contribution in [0.4, 0.5) is 10.1 Å². The lowest BCUT2D eigenvalue weighted by Crippen LogP contribution is -3.13. The maximum absolute atomic E-state index is 13.1. The molecule has 1 aliphatic rings. The van der Waals surface area contributed by atoms with Gasteiger partial charge in [0.05, 0.1) is 18.8 Å². The van der Waals surface area contributed by atoms with E-state index in [-0.39, 0.29) is 5.82 Å². The highest BCUT2D eigenvalue weighted by Crippen LogP contribution is 2.24. The van der Waals surface area contributed by atoms with Gasteiger partial charge in [0.25, 0.3) is 0 Å². The van der Waals surface area contributed by atoms with Gasteiger partial charge in [-0.3, -0.25) is 0 Å². The summed E-state index contributed by atoms with van der Waals surface area (Å²) in [7, 11) is 0. The van der Waals surface area contributed by atoms with E-state index in [9.17, 15) is 4.39 Å². The maximum Gasteiger partial charge on any atom is 0.177 e. The lowest BCUT2D eigenvalue weighted by atomic mass is 10.2. The van der Waals surface area contributed by atoms with Crippen molar-refractivity contribution in [3.05, 3.63) is 59.9 Å². The molecule has 3 rings (SSSR count). The number of nitrogens with zero attached hydrogens (tertiary/aromatic N) is 1. The molecular formula is C20H25FN3OS+. The molecule has 0 amide bonds. The number of anilines is 1. The fourth-order valence-electron chi connectivity index (χ4n) is 3.20. The van der Waals surface area contributed by atoms with Gasteiger partial charge in [-0.25, -0.2) is 4.39 Å². The van der Waals surface area contributed by atoms with Crippen molar-refractivity contribution in [3.8, 4) is 5.75 Å². The van der Waals surface area contributed by atoms with Gasteiger partial charge < -0.3 is 19.9 Å². The highest BCUT2D eigenvalue weighted by molar-refractivity contribution is 7.80. The minimum atomic E-state index is -0.192. The fourth-order valence-corrected chi connectivity index (χ4v) is 3.47. The summed E-state index contributed by atoms with van der Waals surface area (Å²) in [6.45, 7) is 6.32. The summed E-state index contributed by atoms with van der Waals surface area (Å²) in [5, 5.41) is 4.04. The fraction of sp³-hybridized carbons (Fsp3) is 0.350. The Hall–Kier alpha value is -2.18. The van der Waals surface area contributed by atoms with Crippen molar-refractivity contribution in [2.75, 3.05) is 31.7 Å². The van der Waals surface area contributed by atoms with Gasteiger partial charge in [0.1, 0.15) is 18.1 Å². The van der Waals surface area contributed by atoms with Gasteiger partial charge in [0.15, 0.2) is 11.8 Å². The summed E-state index contributed by atoms with van der Waals surface area (Å²) in [6, 6.07) is 14.6. The molecule has 2 aromatic carbocycles. The van der Waals surface area contributed by atoms with Crippen LogP contribution in [-0.2, 0) is 6.54 Å². The van der Waals surface area contributed by atoms with E-state index in [1.165, 1.54) is 17.0 Å². The first-order valence-electron chi connectivity index (χ1n) is 9.01. The first kappa shape index (κ1) is 18.6. The molecule has 138 valence electrons. The van der Waals surface area contributed by atoms with E-state index in [1.807, 2.05) is 43.3 Å². The molecule has 1 unspecified atom stereocenters. The van der Waals surface area contributed by atoms with Crippen LogP contribution in [0.2, 0.25) is 0 Å². The highest BCUT2D eigenvalue weighted by Gasteiger charge is 2.23. The first-order chi connectivity index (χ1) is 12.7. The summed E-state index contributed by atoms with van der Waals surface area (Å²) < 4.78 is 18.7. The molecule has 0 radical (unpaired) electrons. The Morgan fingerprint density at radius 2 is 2.00 bits per heavy atom. The van der Waals surface area contributed by atoms with Gasteiger partial charge in [-0.05, 0) is 43.4 Å². The minimum absolute atomic E-state index is 0.192. The molecule has 1 heterocycles. The van der Waals surface area contributed by atoms with Gasteiger partial charge in [0.2, 0.25) is 0 Å². The largest absolute Gasteiger partial charge is 0.492 e. The number of rotatable bonds is 5. The summed E-state index contributed by atoms with van der Waals surface area (Å²) in [5.74, 6) is 0.618. The highest BCUT2D eigenvalue weighted by atomic mass is 32.1. The van der Waals surface area contributed by atoms with E-state index in [0.717, 1.165) is 49.7 Å². The molecule has 6 heteroatoms. The Bertz CT molecular complexity index is 738. The van der Waals surface area contributed by atoms with Crippen LogP contribution in [0.25, 0.3) is 0 Å². The van der Waals surface area contributed by atoms with Crippen LogP contribution >= 0.6 is 12.2 Å². The molecule has 0 aliphatic carbocycles. The number of hydrogen-bond donors (Lipinski definition) is 2. The van der Waals surface area contributed by atoms with Crippen LogP contribution in [0.1, 0.15) is 18.9 Å². The molecular weight excluding hydrogens is 349 g/mol. The molecule has 1 atom stereocenters. The number of hydrogen-bond acceptors (Lipinski definition) is 2. The van der Waals surface area contributed by atoms with Gasteiger partial charge in [-0.1, -0.05) is 24.3 Å². The van der Waals surface area contributed by atoms with Crippen LogP contribution < -0.4 is 15.0 Å². The maximum atomic E-state index is 13.1. The van der Waals surface area contributed by atoms with Crippen molar-refractivity contribution < 1.29 is 14.0 Å². The van der Waals surface area contributed by atoms with Crippen LogP contribution in [0, 0.1) is 5.82 Å². The molecule has 2 aromatic rings. The second kappa shape index (κ2) is 8.96. The molecule has 2 N–H and O–H groups in total. The average Bonchev–Trinajstić information content (AvgIpc) is 2.66. The van der Waals surface area contributed by atoms with Crippen LogP contribution in [0.15, 0.2) is 48.5 Å². The monoisotopic (exact) mass is 374 g/mol. The number of ether oxygens (including phenoxy) is 1. The van der Waals surface area contributed by atoms with E-state index < -0.39 is 0 Å². The smallest absolute Gasteiger partial charge is 0.177 e. The topological polar surface area (TPSA) is 28.9 Å². The third-order valence-corrected chi connectivity index (χ3v) is 4.82. The predicted molar refractivity (Wildman–Crippen MR) is 106 cm³/mol. The van der Waals surface area contributed by atoms with E-state index in [4.69, 9.17) is 17.0 Å². The zero-order chi connectivity index (χ0) is 18.4. The second-order valence-electron chi connectivity index (χ2n) is 6.44. The van der Waals surface area contributed by atoms with Gasteiger partial charge in [0, 0.05) is 18.5 Å². The van der Waals surface area contributed by atoms with Crippen LogP contribution in [0.5, 0.6) is 5.75 Å². The molecule has 0 aromatic heterocycles. The Morgan fingerprint density at radius 3 is 2.77 bits per heavy atom. The quantitative estimate of drug-likeness (QED) is 0.788. The van der Waals surface area contributed by atoms with Crippen molar-refractivity contribution in [1.82, 2.24) is 4.90 Å². The van der Waals surface area contributed by atoms with E-state index in [0.29, 0.717) is 11.7 Å². The van der Waals surface area contributed by atoms with E-state index in [2.05, 4.69) is 10.2 Å². The summed E-state index contributed by atoms with van der Waals surface area (Å²) >= 11 is 5.63. The van der Waals surface area contributed by atoms with E-state index >= 15 is 0 Å². The zero-order valence-corrected chi connectivity index (χ0v) is 15.8. The number of halogens is 1. The second-order valence-corrected chi connectivity index (χ2v) is 6.82. The van der Waals surface area contributed by atoms with Crippen LogP contribution in [0.3, 0.4) is 0 Å². The number of para-hydroxylation sites is 2. The minimum Gasteiger partial charge on any atom is -0.492 e. The Labute approximate surface area is 159 Å². The normalized spacial score (nSPS) is 17.0. The third kappa shape index (κ3) is 4.93. The summed E-state index contributed by atoms with van der Waals surface area (Å²) in [4.78, 5) is 3.62. The molecule has 26 heavy (non-hydrogen) atoms. The van der Waals surface area contributed by atoms with Gasteiger partial charge in [-0.2, -0.15) is 0 Å². The number of quaternary nitrogens is 1. The van der Waals surface area contributed by atoms with Crippen molar-refractivity contribution in [2.24, 2.45) is 0 Å². The van der Waals surface area contributed by atoms with E-state index in [1.54, 1.807) is 0 Å². The molecule has 4 nitrogen and oxygen atoms in total. The average molecular weight is 375 g/mol. The Morgan fingerprint density at radius 1 is 1.23 bits per heavy atom. The van der Waals surface area contributed by atoms with Gasteiger partial charge >= 0.3 is 0 Å². The van der Waals surface area contributed by atoms with Gasteiger partial charge in [-0.15, -0.1) is 0 Å². The standard InChI is InChI=1S/C20H24FN3OS/c1-2-25-19-7-4-3-6-18(19)22-20(26)24-13-5-12-23(15-24)14-16-8-10-17(21)11-9-16/h3-4,6-11H,2,5,12-15H2,1H3,(H,22,26)/p+1. The summed E-state index contributed by atoms with van der Waals surface area (Å²) in [5.41, 5.74) is 2.04. The zero-order valence-electron chi connectivity index (χ0n) is 15.0. The molecule has 0 spiro atoms. The van der Waals surface area contributed by atoms with Crippen molar-refractivity contribution in [3.63, 3.8) is 0 Å². The molecule has 1 fully saturated rings. The molecule has 1 aliphatic heterocycles. The SMILES string of the molecule is CCOc1ccccc1NC(=S)N1CCC[NH+](Cc2ccc(F)cc2)C1. The summed E-state index contributed by atoms with van der Waals surface area (Å²) in [6.07, 6.45) is 1.07. The number of thiocarbonyl (C=S) groups is 1. The molecule has 1 saturated heterocycles. The lowest BCUT2D eigenvalue weighted by Gasteiger charge is -2.34. The van der Waals surface area contributed by atoms with Crippen molar-refractivity contribution in [1.29, 1.82) is 0 Å². The van der Waals surface area contributed by atoms with Crippen LogP contribution in [-0.4, -0.2) is 36.4 Å².